The number of aromatic nitrogens is 1. The van der Waals surface area contributed by atoms with Gasteiger partial charge in [-0.25, -0.2) is 4.79 Å². The number of aryl methyl sites for hydroxylation is 1. The minimum Gasteiger partial charge on any atom is -0.496 e. The van der Waals surface area contributed by atoms with Crippen LogP contribution in [0.25, 0.3) is 45.7 Å². The number of nitrogens with zero attached hydrogens (tertiary/aromatic N) is 2. The van der Waals surface area contributed by atoms with Gasteiger partial charge in [-0.2, -0.15) is 5.26 Å². The molecule has 0 saturated carbocycles. The molecule has 1 N–H and O–H groups in total. The van der Waals surface area contributed by atoms with E-state index >= 15 is 0 Å². The number of carbonyl (C=O) groups is 1. The highest BCUT2D eigenvalue weighted by Gasteiger charge is 2.14. The highest BCUT2D eigenvalue weighted by molar-refractivity contribution is 6.09. The molecule has 0 amide bonds. The van der Waals surface area contributed by atoms with Crippen LogP contribution >= 0.6 is 0 Å². The maximum Gasteiger partial charge on any atom is 0.346 e. The second-order valence-corrected chi connectivity index (χ2v) is 10.0. The van der Waals surface area contributed by atoms with Crippen LogP contribution in [0.5, 0.6) is 11.5 Å². The molecule has 0 aliphatic carbocycles. The van der Waals surface area contributed by atoms with Crippen molar-refractivity contribution in [1.82, 2.24) is 4.57 Å². The highest BCUT2D eigenvalue weighted by Crippen LogP contribution is 2.34. The first-order chi connectivity index (χ1) is 20.5. The lowest BCUT2D eigenvalue weighted by molar-refractivity contribution is -0.132. The first-order valence-corrected chi connectivity index (χ1v) is 13.9. The van der Waals surface area contributed by atoms with Gasteiger partial charge >= 0.3 is 5.97 Å². The molecule has 5 aromatic rings. The molecule has 0 atom stereocenters. The molecule has 1 aromatic heterocycles. The highest BCUT2D eigenvalue weighted by atomic mass is 16.5. The molecule has 0 radical (unpaired) electrons. The first-order valence-electron chi connectivity index (χ1n) is 13.9. The molecule has 0 saturated heterocycles. The van der Waals surface area contributed by atoms with Gasteiger partial charge in [0.2, 0.25) is 0 Å². The summed E-state index contributed by atoms with van der Waals surface area (Å²) in [4.78, 5) is 11.3. The lowest BCUT2D eigenvalue weighted by atomic mass is 10.0. The molecule has 0 aliphatic heterocycles. The zero-order chi connectivity index (χ0) is 29.6. The van der Waals surface area contributed by atoms with Gasteiger partial charge in [-0.15, -0.1) is 0 Å². The largest absolute Gasteiger partial charge is 0.496 e. The van der Waals surface area contributed by atoms with Crippen LogP contribution in [0.3, 0.4) is 0 Å². The van der Waals surface area contributed by atoms with Crippen molar-refractivity contribution in [3.63, 3.8) is 0 Å². The third-order valence-corrected chi connectivity index (χ3v) is 7.40. The van der Waals surface area contributed by atoms with Gasteiger partial charge < -0.3 is 19.1 Å². The van der Waals surface area contributed by atoms with Gasteiger partial charge in [0.15, 0.2) is 0 Å². The number of rotatable bonds is 10. The Labute approximate surface area is 245 Å². The Morgan fingerprint density at radius 1 is 0.881 bits per heavy atom. The van der Waals surface area contributed by atoms with E-state index in [1.54, 1.807) is 25.3 Å². The SMILES string of the molecule is CCCCc1ccc2c(c1)c1ccccc1n2-c1ccc(/C=C/c2cc(OC)c(/C=C(\C#N)C(=O)O)cc2OC)cc1. The van der Waals surface area contributed by atoms with E-state index < -0.39 is 5.97 Å². The van der Waals surface area contributed by atoms with Crippen molar-refractivity contribution in [1.29, 1.82) is 5.26 Å². The number of ether oxygens (including phenoxy) is 2. The van der Waals surface area contributed by atoms with Crippen LogP contribution in [0.4, 0.5) is 0 Å². The van der Waals surface area contributed by atoms with Crippen LogP contribution < -0.4 is 9.47 Å². The maximum atomic E-state index is 11.3. The Kier molecular flexibility index (Phi) is 8.40. The maximum absolute atomic E-state index is 11.3. The summed E-state index contributed by atoms with van der Waals surface area (Å²) in [6.45, 7) is 2.22. The molecule has 4 aromatic carbocycles. The molecule has 0 fully saturated rings. The Morgan fingerprint density at radius 2 is 1.57 bits per heavy atom. The summed E-state index contributed by atoms with van der Waals surface area (Å²) < 4.78 is 13.4. The van der Waals surface area contributed by atoms with Crippen molar-refractivity contribution >= 4 is 46.0 Å². The van der Waals surface area contributed by atoms with E-state index in [1.165, 1.54) is 53.4 Å². The van der Waals surface area contributed by atoms with Gasteiger partial charge in [0, 0.05) is 27.6 Å². The summed E-state index contributed by atoms with van der Waals surface area (Å²) in [6, 6.07) is 28.9. The number of aliphatic carboxylic acids is 1. The Bertz CT molecular complexity index is 1870. The van der Waals surface area contributed by atoms with E-state index in [-0.39, 0.29) is 5.57 Å². The van der Waals surface area contributed by atoms with Crippen LogP contribution in [0.15, 0.2) is 84.4 Å². The Balaban J connectivity index is 1.48. The van der Waals surface area contributed by atoms with Crippen LogP contribution in [-0.4, -0.2) is 29.9 Å². The molecular weight excluding hydrogens is 524 g/mol. The van der Waals surface area contributed by atoms with Crippen LogP contribution in [0.1, 0.15) is 42.0 Å². The number of hydrogen-bond donors (Lipinski definition) is 1. The second-order valence-electron chi connectivity index (χ2n) is 10.0. The lowest BCUT2D eigenvalue weighted by Gasteiger charge is -2.11. The molecule has 6 heteroatoms. The minimum absolute atomic E-state index is 0.390. The van der Waals surface area contributed by atoms with Gasteiger partial charge in [0.1, 0.15) is 23.1 Å². The monoisotopic (exact) mass is 556 g/mol. The molecule has 6 nitrogen and oxygen atoms in total. The zero-order valence-corrected chi connectivity index (χ0v) is 23.9. The third-order valence-electron chi connectivity index (χ3n) is 7.40. The van der Waals surface area contributed by atoms with Crippen LogP contribution in [0, 0.1) is 11.3 Å². The fraction of sp³-hybridized carbons (Fsp3) is 0.167. The van der Waals surface area contributed by atoms with Crippen LogP contribution in [-0.2, 0) is 11.2 Å². The van der Waals surface area contributed by atoms with Crippen molar-refractivity contribution < 1.29 is 19.4 Å². The van der Waals surface area contributed by atoms with Gasteiger partial charge in [-0.1, -0.05) is 61.9 Å². The van der Waals surface area contributed by atoms with Crippen molar-refractivity contribution in [2.75, 3.05) is 14.2 Å². The zero-order valence-electron chi connectivity index (χ0n) is 23.9. The number of benzene rings is 4. The van der Waals surface area contributed by atoms with Crippen molar-refractivity contribution in [3.8, 4) is 23.3 Å². The predicted octanol–water partition coefficient (Wildman–Crippen LogP) is 8.31. The molecule has 5 rings (SSSR count). The number of nitriles is 1. The van der Waals surface area contributed by atoms with E-state index in [0.29, 0.717) is 17.1 Å². The van der Waals surface area contributed by atoms with E-state index in [0.717, 1.165) is 23.2 Å². The molecular formula is C36H32N2O4. The quantitative estimate of drug-likeness (QED) is 0.106. The summed E-state index contributed by atoms with van der Waals surface area (Å²) in [5.41, 5.74) is 6.63. The van der Waals surface area contributed by atoms with Crippen molar-refractivity contribution in [3.05, 3.63) is 107 Å². The summed E-state index contributed by atoms with van der Waals surface area (Å²) in [5, 5.41) is 20.9. The lowest BCUT2D eigenvalue weighted by Crippen LogP contribution is -1.99. The van der Waals surface area contributed by atoms with Gasteiger partial charge in [-0.05, 0) is 72.5 Å². The summed E-state index contributed by atoms with van der Waals surface area (Å²) in [5.74, 6) is -0.339. The molecule has 0 unspecified atom stereocenters. The predicted molar refractivity (Wildman–Crippen MR) is 169 cm³/mol. The molecule has 1 heterocycles. The smallest absolute Gasteiger partial charge is 0.346 e. The number of hydrogen-bond acceptors (Lipinski definition) is 4. The van der Waals surface area contributed by atoms with Crippen LogP contribution in [0.2, 0.25) is 0 Å². The first kappa shape index (κ1) is 28.3. The number of carboxylic acids is 1. The second kappa shape index (κ2) is 12.5. The molecule has 210 valence electrons. The average molecular weight is 557 g/mol. The van der Waals surface area contributed by atoms with E-state index in [2.05, 4.69) is 78.2 Å². The number of para-hydroxylation sites is 1. The minimum atomic E-state index is -1.30. The molecule has 0 bridgehead atoms. The van der Waals surface area contributed by atoms with E-state index in [9.17, 15) is 9.90 Å². The summed E-state index contributed by atoms with van der Waals surface area (Å²) >= 11 is 0. The number of methoxy groups -OCH3 is 2. The van der Waals surface area contributed by atoms with Gasteiger partial charge in [0.05, 0.1) is 25.3 Å². The standard InChI is InChI=1S/C36H32N2O4/c1-4-5-8-25-14-18-33-31(19-25)30-9-6-7-10-32(30)38(33)29-16-12-24(13-17-29)11-15-26-21-35(42-3)27(22-34(26)41-2)20-28(23-37)36(39)40/h6-7,9-22H,4-5,8H2,1-3H3,(H,39,40)/b15-11+,28-20+. The van der Waals surface area contributed by atoms with Crippen molar-refractivity contribution in [2.24, 2.45) is 0 Å². The topological polar surface area (TPSA) is 84.5 Å². The fourth-order valence-electron chi connectivity index (χ4n) is 5.24. The fourth-order valence-corrected chi connectivity index (χ4v) is 5.24. The molecule has 0 aliphatic rings. The normalized spacial score (nSPS) is 11.7. The van der Waals surface area contributed by atoms with Gasteiger partial charge in [0.25, 0.3) is 0 Å². The van der Waals surface area contributed by atoms with E-state index in [1.807, 2.05) is 12.2 Å². The summed E-state index contributed by atoms with van der Waals surface area (Å²) in [6.07, 6.45) is 8.64. The number of unbranched alkanes of at least 4 members (excludes halogenated alkanes) is 1. The Hall–Kier alpha value is -5.28. The average Bonchev–Trinajstić information content (AvgIpc) is 3.35. The number of fused-ring (bicyclic) bond motifs is 3. The third kappa shape index (κ3) is 5.63. The molecule has 0 spiro atoms. The van der Waals surface area contributed by atoms with Crippen molar-refractivity contribution in [2.45, 2.75) is 26.2 Å². The van der Waals surface area contributed by atoms with Gasteiger partial charge in [-0.3, -0.25) is 0 Å². The summed E-state index contributed by atoms with van der Waals surface area (Å²) in [7, 11) is 3.04. The number of carboxylic acid groups (broad SMARTS) is 1. The molecule has 42 heavy (non-hydrogen) atoms. The Morgan fingerprint density at radius 3 is 2.26 bits per heavy atom. The van der Waals surface area contributed by atoms with E-state index in [4.69, 9.17) is 14.7 Å².